The van der Waals surface area contributed by atoms with Crippen LogP contribution in [0.5, 0.6) is 0 Å². The fraction of sp³-hybridized carbons (Fsp3) is 0.769. The minimum Gasteiger partial charge on any atom is -0.368 e. The smallest absolute Gasteiger partial charge is 0.125 e. The molecule has 0 amide bonds. The van der Waals surface area contributed by atoms with Crippen LogP contribution < -0.4 is 0 Å². The molecule has 3 heteroatoms. The lowest BCUT2D eigenvalue weighted by Crippen LogP contribution is -2.28. The van der Waals surface area contributed by atoms with E-state index in [1.165, 1.54) is 5.69 Å². The van der Waals surface area contributed by atoms with Crippen molar-refractivity contribution in [2.45, 2.75) is 59.0 Å². The first-order valence-electron chi connectivity index (χ1n) is 6.19. The second kappa shape index (κ2) is 5.78. The third kappa shape index (κ3) is 2.64. The number of rotatable bonds is 6. The molecular weight excluding hydrogens is 218 g/mol. The highest BCUT2D eigenvalue weighted by atomic mass is 32.1. The molecule has 0 saturated carbocycles. The predicted molar refractivity (Wildman–Crippen MR) is 70.1 cm³/mol. The van der Waals surface area contributed by atoms with Gasteiger partial charge < -0.3 is 4.74 Å². The molecule has 0 radical (unpaired) electrons. The van der Waals surface area contributed by atoms with E-state index in [9.17, 15) is 0 Å². The Bertz CT molecular complexity index is 315. The van der Waals surface area contributed by atoms with Crippen LogP contribution in [0.4, 0.5) is 0 Å². The van der Waals surface area contributed by atoms with E-state index in [0.29, 0.717) is 5.92 Å². The summed E-state index contributed by atoms with van der Waals surface area (Å²) >= 11 is 1.74. The van der Waals surface area contributed by atoms with Crippen molar-refractivity contribution in [3.8, 4) is 0 Å². The van der Waals surface area contributed by atoms with Crippen LogP contribution in [-0.4, -0.2) is 11.6 Å². The Balaban J connectivity index is 3.00. The zero-order valence-corrected chi connectivity index (χ0v) is 11.9. The third-order valence-corrected chi connectivity index (χ3v) is 4.11. The normalized spacial score (nSPS) is 12.4. The standard InChI is InChI=1S/C13H23NOS/c1-6-13(7-2,15-8-3)12-14-11(9-16-12)10(4)5/h9-10H,6-8H2,1-5H3. The summed E-state index contributed by atoms with van der Waals surface area (Å²) in [6.07, 6.45) is 1.98. The first-order chi connectivity index (χ1) is 7.59. The molecule has 0 bridgehead atoms. The number of ether oxygens (including phenoxy) is 1. The quantitative estimate of drug-likeness (QED) is 0.740. The highest BCUT2D eigenvalue weighted by Gasteiger charge is 2.32. The first kappa shape index (κ1) is 13.7. The number of hydrogen-bond acceptors (Lipinski definition) is 3. The SMILES string of the molecule is CCOC(CC)(CC)c1nc(C(C)C)cs1. The van der Waals surface area contributed by atoms with Crippen LogP contribution in [-0.2, 0) is 10.3 Å². The number of nitrogens with zero attached hydrogens (tertiary/aromatic N) is 1. The summed E-state index contributed by atoms with van der Waals surface area (Å²) in [5.74, 6) is 0.498. The Morgan fingerprint density at radius 3 is 2.31 bits per heavy atom. The fourth-order valence-corrected chi connectivity index (χ4v) is 3.13. The zero-order valence-electron chi connectivity index (χ0n) is 11.0. The molecule has 0 aliphatic carbocycles. The summed E-state index contributed by atoms with van der Waals surface area (Å²) in [6, 6.07) is 0. The van der Waals surface area contributed by atoms with Crippen LogP contribution in [0, 0.1) is 0 Å². The van der Waals surface area contributed by atoms with Crippen molar-refractivity contribution >= 4 is 11.3 Å². The molecular formula is C13H23NOS. The number of aromatic nitrogens is 1. The molecule has 2 nitrogen and oxygen atoms in total. The van der Waals surface area contributed by atoms with E-state index in [2.05, 4.69) is 40.0 Å². The van der Waals surface area contributed by atoms with Gasteiger partial charge in [0.15, 0.2) is 0 Å². The molecule has 92 valence electrons. The van der Waals surface area contributed by atoms with Gasteiger partial charge in [-0.25, -0.2) is 4.98 Å². The van der Waals surface area contributed by atoms with Gasteiger partial charge in [-0.15, -0.1) is 11.3 Å². The van der Waals surface area contributed by atoms with Crippen molar-refractivity contribution in [2.75, 3.05) is 6.61 Å². The maximum absolute atomic E-state index is 5.95. The largest absolute Gasteiger partial charge is 0.368 e. The predicted octanol–water partition coefficient (Wildman–Crippen LogP) is 4.32. The van der Waals surface area contributed by atoms with E-state index in [1.54, 1.807) is 11.3 Å². The van der Waals surface area contributed by atoms with Crippen molar-refractivity contribution in [3.05, 3.63) is 16.1 Å². The van der Waals surface area contributed by atoms with Crippen molar-refractivity contribution in [3.63, 3.8) is 0 Å². The second-order valence-corrected chi connectivity index (χ2v) is 5.22. The van der Waals surface area contributed by atoms with Crippen LogP contribution in [0.15, 0.2) is 5.38 Å². The molecule has 1 heterocycles. The van der Waals surface area contributed by atoms with Gasteiger partial charge in [0.25, 0.3) is 0 Å². The van der Waals surface area contributed by atoms with Crippen LogP contribution in [0.1, 0.15) is 64.1 Å². The van der Waals surface area contributed by atoms with Crippen LogP contribution >= 0.6 is 11.3 Å². The third-order valence-electron chi connectivity index (χ3n) is 3.07. The summed E-state index contributed by atoms with van der Waals surface area (Å²) < 4.78 is 5.95. The Morgan fingerprint density at radius 2 is 1.94 bits per heavy atom. The van der Waals surface area contributed by atoms with Gasteiger partial charge in [0, 0.05) is 12.0 Å². The maximum Gasteiger partial charge on any atom is 0.125 e. The summed E-state index contributed by atoms with van der Waals surface area (Å²) in [5, 5.41) is 3.31. The van der Waals surface area contributed by atoms with Crippen molar-refractivity contribution in [2.24, 2.45) is 0 Å². The molecule has 0 aliphatic rings. The molecule has 1 aromatic rings. The van der Waals surface area contributed by atoms with Gasteiger partial charge in [0.1, 0.15) is 10.6 Å². The van der Waals surface area contributed by atoms with E-state index in [-0.39, 0.29) is 5.60 Å². The molecule has 0 atom stereocenters. The highest BCUT2D eigenvalue weighted by molar-refractivity contribution is 7.09. The molecule has 0 spiro atoms. The van der Waals surface area contributed by atoms with Gasteiger partial charge in [-0.05, 0) is 25.7 Å². The number of hydrogen-bond donors (Lipinski definition) is 0. The zero-order chi connectivity index (χ0) is 12.2. The first-order valence-corrected chi connectivity index (χ1v) is 7.07. The molecule has 0 saturated heterocycles. The molecule has 16 heavy (non-hydrogen) atoms. The van der Waals surface area contributed by atoms with Crippen molar-refractivity contribution in [1.29, 1.82) is 0 Å². The van der Waals surface area contributed by atoms with Gasteiger partial charge in [-0.3, -0.25) is 0 Å². The average Bonchev–Trinajstić information content (AvgIpc) is 2.76. The van der Waals surface area contributed by atoms with Gasteiger partial charge in [-0.1, -0.05) is 27.7 Å². The molecule has 1 rings (SSSR count). The van der Waals surface area contributed by atoms with E-state index >= 15 is 0 Å². The number of thiazole rings is 1. The topological polar surface area (TPSA) is 22.1 Å². The summed E-state index contributed by atoms with van der Waals surface area (Å²) in [6.45, 7) is 11.5. The van der Waals surface area contributed by atoms with Crippen LogP contribution in [0.25, 0.3) is 0 Å². The Kier molecular flexibility index (Phi) is 4.93. The Morgan fingerprint density at radius 1 is 1.31 bits per heavy atom. The molecule has 0 fully saturated rings. The van der Waals surface area contributed by atoms with E-state index in [0.717, 1.165) is 24.5 Å². The van der Waals surface area contributed by atoms with Crippen molar-refractivity contribution < 1.29 is 4.74 Å². The molecule has 0 N–H and O–H groups in total. The molecule has 0 aromatic carbocycles. The maximum atomic E-state index is 5.95. The summed E-state index contributed by atoms with van der Waals surface area (Å²) in [4.78, 5) is 4.74. The minimum atomic E-state index is -0.160. The lowest BCUT2D eigenvalue weighted by molar-refractivity contribution is -0.0507. The fourth-order valence-electron chi connectivity index (χ4n) is 1.86. The lowest BCUT2D eigenvalue weighted by atomic mass is 9.98. The Labute approximate surface area is 103 Å². The second-order valence-electron chi connectivity index (χ2n) is 4.37. The van der Waals surface area contributed by atoms with Crippen molar-refractivity contribution in [1.82, 2.24) is 4.98 Å². The average molecular weight is 241 g/mol. The van der Waals surface area contributed by atoms with E-state index in [4.69, 9.17) is 9.72 Å². The monoisotopic (exact) mass is 241 g/mol. The summed E-state index contributed by atoms with van der Waals surface area (Å²) in [5.41, 5.74) is 1.03. The highest BCUT2D eigenvalue weighted by Crippen LogP contribution is 2.36. The lowest BCUT2D eigenvalue weighted by Gasteiger charge is -2.29. The van der Waals surface area contributed by atoms with Crippen LogP contribution in [0.2, 0.25) is 0 Å². The van der Waals surface area contributed by atoms with Gasteiger partial charge in [-0.2, -0.15) is 0 Å². The molecule has 1 aromatic heterocycles. The van der Waals surface area contributed by atoms with Crippen LogP contribution in [0.3, 0.4) is 0 Å². The van der Waals surface area contributed by atoms with Gasteiger partial charge >= 0.3 is 0 Å². The summed E-state index contributed by atoms with van der Waals surface area (Å²) in [7, 11) is 0. The Hall–Kier alpha value is -0.410. The minimum absolute atomic E-state index is 0.160. The van der Waals surface area contributed by atoms with E-state index in [1.807, 2.05) is 0 Å². The van der Waals surface area contributed by atoms with Gasteiger partial charge in [0.2, 0.25) is 0 Å². The van der Waals surface area contributed by atoms with E-state index < -0.39 is 0 Å². The molecule has 0 aliphatic heterocycles. The van der Waals surface area contributed by atoms with Gasteiger partial charge in [0.05, 0.1) is 5.69 Å². The molecule has 0 unspecified atom stereocenters.